The predicted molar refractivity (Wildman–Crippen MR) is 116 cm³/mol. The largest absolute Gasteiger partial charge is 0.439 e. The lowest BCUT2D eigenvalue weighted by atomic mass is 9.89. The van der Waals surface area contributed by atoms with Gasteiger partial charge in [0.05, 0.1) is 23.2 Å². The molecule has 1 aliphatic heterocycles. The summed E-state index contributed by atoms with van der Waals surface area (Å²) in [5, 5.41) is 10.8. The van der Waals surface area contributed by atoms with Crippen LogP contribution in [0.1, 0.15) is 22.3 Å². The van der Waals surface area contributed by atoms with E-state index in [9.17, 15) is 9.59 Å². The maximum absolute atomic E-state index is 12.9. The normalized spacial score (nSPS) is 19.0. The molecule has 0 spiro atoms. The standard InChI is InChI=1S/C21H20Cl2N4O4/c22-16-5-4-15(11-17(16)23)21(6-7-24-8-9-30-21)12-25-19(28)14-3-1-2-13(10-14)18-26-20(29)31-27-18/h1-5,10-11,24H,6-9,12H2,(H,25,28)(H,26,27,29)/t21-/m1/s1. The Kier molecular flexibility index (Phi) is 6.43. The van der Waals surface area contributed by atoms with Gasteiger partial charge in [0.2, 0.25) is 0 Å². The molecule has 31 heavy (non-hydrogen) atoms. The summed E-state index contributed by atoms with van der Waals surface area (Å²) in [6.07, 6.45) is 0.644. The van der Waals surface area contributed by atoms with Crippen molar-refractivity contribution in [3.63, 3.8) is 0 Å². The number of rotatable bonds is 5. The van der Waals surface area contributed by atoms with Gasteiger partial charge in [-0.2, -0.15) is 0 Å². The van der Waals surface area contributed by atoms with E-state index in [0.29, 0.717) is 34.2 Å². The fourth-order valence-corrected chi connectivity index (χ4v) is 3.84. The maximum Gasteiger partial charge on any atom is 0.439 e. The van der Waals surface area contributed by atoms with Gasteiger partial charge in [0.1, 0.15) is 5.60 Å². The second-order valence-corrected chi connectivity index (χ2v) is 7.99. The highest BCUT2D eigenvalue weighted by Crippen LogP contribution is 2.34. The Hall–Kier alpha value is -2.65. The van der Waals surface area contributed by atoms with Crippen molar-refractivity contribution >= 4 is 29.1 Å². The van der Waals surface area contributed by atoms with Crippen LogP contribution >= 0.6 is 23.2 Å². The summed E-state index contributed by atoms with van der Waals surface area (Å²) >= 11 is 12.3. The molecule has 2 heterocycles. The fourth-order valence-electron chi connectivity index (χ4n) is 3.54. The van der Waals surface area contributed by atoms with Crippen molar-refractivity contribution in [3.8, 4) is 11.4 Å². The topological polar surface area (TPSA) is 109 Å². The molecular weight excluding hydrogens is 443 g/mol. The average Bonchev–Trinajstić information content (AvgIpc) is 3.07. The zero-order valence-electron chi connectivity index (χ0n) is 16.4. The number of nitrogens with zero attached hydrogens (tertiary/aromatic N) is 1. The van der Waals surface area contributed by atoms with Gasteiger partial charge in [0.25, 0.3) is 5.91 Å². The zero-order valence-corrected chi connectivity index (χ0v) is 17.9. The van der Waals surface area contributed by atoms with Gasteiger partial charge in [-0.05, 0) is 42.8 Å². The van der Waals surface area contributed by atoms with E-state index in [2.05, 4.69) is 25.3 Å². The molecule has 0 unspecified atom stereocenters. The molecule has 10 heteroatoms. The van der Waals surface area contributed by atoms with E-state index in [1.54, 1.807) is 36.4 Å². The molecule has 1 aromatic heterocycles. The van der Waals surface area contributed by atoms with Crippen LogP contribution < -0.4 is 16.4 Å². The second kappa shape index (κ2) is 9.23. The number of halogens is 2. The molecule has 1 amide bonds. The van der Waals surface area contributed by atoms with Crippen molar-refractivity contribution in [3.05, 3.63) is 74.2 Å². The molecule has 4 rings (SSSR count). The highest BCUT2D eigenvalue weighted by atomic mass is 35.5. The van der Waals surface area contributed by atoms with Gasteiger partial charge >= 0.3 is 5.76 Å². The third-order valence-corrected chi connectivity index (χ3v) is 5.92. The number of aromatic amines is 1. The minimum Gasteiger partial charge on any atom is -0.367 e. The van der Waals surface area contributed by atoms with Crippen LogP contribution in [-0.4, -0.2) is 42.3 Å². The smallest absolute Gasteiger partial charge is 0.367 e. The third kappa shape index (κ3) is 4.83. The van der Waals surface area contributed by atoms with Crippen LogP contribution in [0.25, 0.3) is 11.4 Å². The molecule has 3 N–H and O–H groups in total. The van der Waals surface area contributed by atoms with Crippen LogP contribution in [0, 0.1) is 0 Å². The average molecular weight is 463 g/mol. The molecule has 0 radical (unpaired) electrons. The summed E-state index contributed by atoms with van der Waals surface area (Å²) in [4.78, 5) is 26.6. The minimum atomic E-state index is -0.748. The summed E-state index contributed by atoms with van der Waals surface area (Å²) in [6.45, 7) is 2.18. The first-order valence-corrected chi connectivity index (χ1v) is 10.5. The summed E-state index contributed by atoms with van der Waals surface area (Å²) in [6, 6.07) is 12.1. The van der Waals surface area contributed by atoms with E-state index >= 15 is 0 Å². The first kappa shape index (κ1) is 21.6. The van der Waals surface area contributed by atoms with E-state index in [1.165, 1.54) is 0 Å². The van der Waals surface area contributed by atoms with Crippen molar-refractivity contribution < 1.29 is 14.1 Å². The molecule has 0 saturated carbocycles. The Bertz CT molecular complexity index is 1140. The van der Waals surface area contributed by atoms with Gasteiger partial charge in [-0.25, -0.2) is 4.79 Å². The first-order chi connectivity index (χ1) is 15.0. The van der Waals surface area contributed by atoms with E-state index < -0.39 is 11.4 Å². The molecule has 3 aromatic rings. The Morgan fingerprint density at radius 1 is 1.16 bits per heavy atom. The minimum absolute atomic E-state index is 0.247. The van der Waals surface area contributed by atoms with Gasteiger partial charge in [0.15, 0.2) is 5.82 Å². The Morgan fingerprint density at radius 2 is 2.03 bits per heavy atom. The summed E-state index contributed by atoms with van der Waals surface area (Å²) in [5.74, 6) is -0.689. The number of benzene rings is 2. The van der Waals surface area contributed by atoms with Gasteiger partial charge in [-0.3, -0.25) is 14.3 Å². The number of H-pyrrole nitrogens is 1. The number of ether oxygens (including phenoxy) is 1. The summed E-state index contributed by atoms with van der Waals surface area (Å²) in [7, 11) is 0. The SMILES string of the molecule is O=C(NC[C@@]1(c2ccc(Cl)c(Cl)c2)CCNCCO1)c1cccc(-c2noc(=O)[nH]2)c1. The molecule has 0 bridgehead atoms. The lowest BCUT2D eigenvalue weighted by Gasteiger charge is -2.33. The fraction of sp³-hybridized carbons (Fsp3) is 0.286. The highest BCUT2D eigenvalue weighted by Gasteiger charge is 2.35. The molecule has 2 aromatic carbocycles. The monoisotopic (exact) mass is 462 g/mol. The number of hydrogen-bond donors (Lipinski definition) is 3. The van der Waals surface area contributed by atoms with E-state index in [0.717, 1.165) is 18.7 Å². The highest BCUT2D eigenvalue weighted by molar-refractivity contribution is 6.42. The van der Waals surface area contributed by atoms with E-state index in [1.807, 2.05) is 6.07 Å². The Labute approximate surface area is 187 Å². The Balaban J connectivity index is 1.56. The molecule has 1 saturated heterocycles. The molecular formula is C21H20Cl2N4O4. The van der Waals surface area contributed by atoms with Crippen LogP contribution in [0.5, 0.6) is 0 Å². The number of carbonyl (C=O) groups excluding carboxylic acids is 1. The van der Waals surface area contributed by atoms with Crippen LogP contribution in [0.2, 0.25) is 10.0 Å². The van der Waals surface area contributed by atoms with Crippen LogP contribution in [0.4, 0.5) is 0 Å². The van der Waals surface area contributed by atoms with E-state index in [4.69, 9.17) is 27.9 Å². The van der Waals surface area contributed by atoms with Gasteiger partial charge in [0, 0.05) is 17.7 Å². The predicted octanol–water partition coefficient (Wildman–Crippen LogP) is 2.97. The molecule has 1 atom stereocenters. The number of aromatic nitrogens is 2. The van der Waals surface area contributed by atoms with Crippen LogP contribution in [0.3, 0.4) is 0 Å². The van der Waals surface area contributed by atoms with Crippen LogP contribution in [0.15, 0.2) is 51.8 Å². The molecule has 1 fully saturated rings. The number of amides is 1. The van der Waals surface area contributed by atoms with Crippen molar-refractivity contribution in [2.45, 2.75) is 12.0 Å². The van der Waals surface area contributed by atoms with Crippen LogP contribution in [-0.2, 0) is 10.3 Å². The van der Waals surface area contributed by atoms with Crippen molar-refractivity contribution in [1.29, 1.82) is 0 Å². The quantitative estimate of drug-likeness (QED) is 0.537. The zero-order chi connectivity index (χ0) is 21.8. The lowest BCUT2D eigenvalue weighted by Crippen LogP contribution is -2.43. The van der Waals surface area contributed by atoms with Gasteiger partial charge in [-0.1, -0.05) is 46.6 Å². The van der Waals surface area contributed by atoms with Gasteiger partial charge < -0.3 is 15.4 Å². The molecule has 162 valence electrons. The maximum atomic E-state index is 12.9. The first-order valence-electron chi connectivity index (χ1n) is 9.72. The second-order valence-electron chi connectivity index (χ2n) is 7.18. The summed E-state index contributed by atoms with van der Waals surface area (Å²) in [5.41, 5.74) is 1.08. The molecule has 8 nitrogen and oxygen atoms in total. The number of hydrogen-bond acceptors (Lipinski definition) is 6. The molecule has 1 aliphatic rings. The molecule has 0 aliphatic carbocycles. The number of carbonyl (C=O) groups is 1. The van der Waals surface area contributed by atoms with Crippen molar-refractivity contribution in [2.75, 3.05) is 26.2 Å². The number of nitrogens with one attached hydrogen (secondary N) is 3. The van der Waals surface area contributed by atoms with Crippen molar-refractivity contribution in [2.24, 2.45) is 0 Å². The summed E-state index contributed by atoms with van der Waals surface area (Å²) < 4.78 is 10.7. The Morgan fingerprint density at radius 3 is 2.81 bits per heavy atom. The lowest BCUT2D eigenvalue weighted by molar-refractivity contribution is -0.0405. The van der Waals surface area contributed by atoms with E-state index in [-0.39, 0.29) is 18.3 Å². The van der Waals surface area contributed by atoms with Crippen molar-refractivity contribution in [1.82, 2.24) is 20.8 Å². The van der Waals surface area contributed by atoms with Gasteiger partial charge in [-0.15, -0.1) is 0 Å². The third-order valence-electron chi connectivity index (χ3n) is 5.18.